The Hall–Kier alpha value is 0.480. The molecule has 0 aromatic rings. The van der Waals surface area contributed by atoms with Crippen molar-refractivity contribution in [1.29, 1.82) is 0 Å². The van der Waals surface area contributed by atoms with E-state index in [1.54, 1.807) is 0 Å². The Labute approximate surface area is 91.6 Å². The Morgan fingerprint density at radius 1 is 1.23 bits per heavy atom. The summed E-state index contributed by atoms with van der Waals surface area (Å²) in [4.78, 5) is 0.789. The molecule has 0 N–H and O–H groups in total. The van der Waals surface area contributed by atoms with Gasteiger partial charge in [0, 0.05) is 4.83 Å². The molecule has 1 aliphatic rings. The maximum absolute atomic E-state index is 3.76. The molecule has 0 amide bonds. The molecule has 0 bridgehead atoms. The van der Waals surface area contributed by atoms with Gasteiger partial charge >= 0.3 is 0 Å². The van der Waals surface area contributed by atoms with E-state index in [2.05, 4.69) is 43.6 Å². The summed E-state index contributed by atoms with van der Waals surface area (Å²) in [6.45, 7) is 9.44. The first-order valence-corrected chi connectivity index (χ1v) is 6.46. The first-order valence-electron chi connectivity index (χ1n) is 5.54. The minimum Gasteiger partial charge on any atom is -0.0888 e. The summed E-state index contributed by atoms with van der Waals surface area (Å²) in [6, 6.07) is 0. The van der Waals surface area contributed by atoms with Crippen molar-refractivity contribution in [2.24, 2.45) is 17.3 Å². The summed E-state index contributed by atoms with van der Waals surface area (Å²) < 4.78 is 0. The third kappa shape index (κ3) is 3.61. The summed E-state index contributed by atoms with van der Waals surface area (Å²) in [5, 5.41) is 0. The monoisotopic (exact) mass is 246 g/mol. The molecule has 0 aromatic heterocycles. The fourth-order valence-electron chi connectivity index (χ4n) is 2.22. The standard InChI is InChI=1S/C12H23Br/c1-9-10(5-6-11(9)13)7-8-12(2,3)4/h9-11H,5-8H2,1-4H3. The maximum atomic E-state index is 3.76. The molecule has 1 fully saturated rings. The van der Waals surface area contributed by atoms with Gasteiger partial charge in [-0.25, -0.2) is 0 Å². The van der Waals surface area contributed by atoms with E-state index in [0.29, 0.717) is 5.41 Å². The van der Waals surface area contributed by atoms with Crippen molar-refractivity contribution >= 4 is 15.9 Å². The molecule has 1 heteroatoms. The van der Waals surface area contributed by atoms with E-state index in [9.17, 15) is 0 Å². The number of rotatable bonds is 2. The van der Waals surface area contributed by atoms with Crippen LogP contribution in [0.3, 0.4) is 0 Å². The van der Waals surface area contributed by atoms with Gasteiger partial charge in [0.25, 0.3) is 0 Å². The van der Waals surface area contributed by atoms with Gasteiger partial charge in [-0.3, -0.25) is 0 Å². The van der Waals surface area contributed by atoms with Crippen LogP contribution in [-0.2, 0) is 0 Å². The highest BCUT2D eigenvalue weighted by Crippen LogP contribution is 2.40. The van der Waals surface area contributed by atoms with E-state index in [0.717, 1.165) is 16.7 Å². The summed E-state index contributed by atoms with van der Waals surface area (Å²) >= 11 is 3.76. The van der Waals surface area contributed by atoms with Crippen LogP contribution >= 0.6 is 15.9 Å². The van der Waals surface area contributed by atoms with Gasteiger partial charge in [0.1, 0.15) is 0 Å². The van der Waals surface area contributed by atoms with Gasteiger partial charge < -0.3 is 0 Å². The molecule has 0 radical (unpaired) electrons. The van der Waals surface area contributed by atoms with Gasteiger partial charge in [0.15, 0.2) is 0 Å². The zero-order chi connectivity index (χ0) is 10.1. The SMILES string of the molecule is CC1C(Br)CCC1CCC(C)(C)C. The van der Waals surface area contributed by atoms with Crippen LogP contribution in [-0.4, -0.2) is 4.83 Å². The second-order valence-corrected chi connectivity index (χ2v) is 6.99. The molecule has 0 heterocycles. The average Bonchev–Trinajstić information content (AvgIpc) is 2.29. The van der Waals surface area contributed by atoms with Crippen LogP contribution in [0.2, 0.25) is 0 Å². The highest BCUT2D eigenvalue weighted by molar-refractivity contribution is 9.09. The molecule has 0 nitrogen and oxygen atoms in total. The normalized spacial score (nSPS) is 35.3. The number of hydrogen-bond acceptors (Lipinski definition) is 0. The van der Waals surface area contributed by atoms with Crippen LogP contribution in [0.15, 0.2) is 0 Å². The van der Waals surface area contributed by atoms with Gasteiger partial charge in [-0.2, -0.15) is 0 Å². The van der Waals surface area contributed by atoms with Crippen LogP contribution in [0.25, 0.3) is 0 Å². The van der Waals surface area contributed by atoms with Crippen molar-refractivity contribution in [3.8, 4) is 0 Å². The lowest BCUT2D eigenvalue weighted by molar-refractivity contribution is 0.295. The molecule has 0 aliphatic heterocycles. The zero-order valence-electron chi connectivity index (χ0n) is 9.44. The Morgan fingerprint density at radius 3 is 2.23 bits per heavy atom. The molecule has 3 atom stereocenters. The second kappa shape index (κ2) is 4.33. The highest BCUT2D eigenvalue weighted by atomic mass is 79.9. The Kier molecular flexibility index (Phi) is 3.85. The van der Waals surface area contributed by atoms with Gasteiger partial charge in [-0.05, 0) is 42.9 Å². The van der Waals surface area contributed by atoms with E-state index in [-0.39, 0.29) is 0 Å². The maximum Gasteiger partial charge on any atom is 0.0174 e. The molecule has 78 valence electrons. The van der Waals surface area contributed by atoms with Crippen molar-refractivity contribution in [3.05, 3.63) is 0 Å². The van der Waals surface area contributed by atoms with Gasteiger partial charge in [-0.1, -0.05) is 43.6 Å². The molecule has 0 spiro atoms. The lowest BCUT2D eigenvalue weighted by Crippen LogP contribution is -2.14. The van der Waals surface area contributed by atoms with Crippen molar-refractivity contribution in [2.45, 2.75) is 58.2 Å². The minimum atomic E-state index is 0.518. The molecule has 1 saturated carbocycles. The van der Waals surface area contributed by atoms with Crippen LogP contribution in [0.4, 0.5) is 0 Å². The summed E-state index contributed by atoms with van der Waals surface area (Å²) in [5.41, 5.74) is 0.518. The molecular weight excluding hydrogens is 224 g/mol. The molecule has 13 heavy (non-hydrogen) atoms. The second-order valence-electron chi connectivity index (χ2n) is 5.81. The smallest absolute Gasteiger partial charge is 0.0174 e. The van der Waals surface area contributed by atoms with E-state index in [4.69, 9.17) is 0 Å². The molecule has 1 aliphatic carbocycles. The predicted molar refractivity (Wildman–Crippen MR) is 63.3 cm³/mol. The van der Waals surface area contributed by atoms with Gasteiger partial charge in [0.2, 0.25) is 0 Å². The molecular formula is C12H23Br. The fourth-order valence-corrected chi connectivity index (χ4v) is 2.92. The van der Waals surface area contributed by atoms with E-state index in [1.165, 1.54) is 25.7 Å². The Morgan fingerprint density at radius 2 is 1.85 bits per heavy atom. The Bertz CT molecular complexity index is 157. The fraction of sp³-hybridized carbons (Fsp3) is 1.00. The number of halogens is 1. The first-order chi connectivity index (χ1) is 5.90. The molecule has 3 unspecified atom stereocenters. The van der Waals surface area contributed by atoms with Crippen molar-refractivity contribution in [1.82, 2.24) is 0 Å². The summed E-state index contributed by atoms with van der Waals surface area (Å²) in [5.74, 6) is 1.87. The predicted octanol–water partition coefficient (Wildman–Crippen LogP) is 4.62. The van der Waals surface area contributed by atoms with Gasteiger partial charge in [-0.15, -0.1) is 0 Å². The van der Waals surface area contributed by atoms with Gasteiger partial charge in [0.05, 0.1) is 0 Å². The van der Waals surface area contributed by atoms with Crippen LogP contribution in [0.5, 0.6) is 0 Å². The van der Waals surface area contributed by atoms with Crippen LogP contribution in [0.1, 0.15) is 53.4 Å². The van der Waals surface area contributed by atoms with Crippen molar-refractivity contribution in [2.75, 3.05) is 0 Å². The lowest BCUT2D eigenvalue weighted by Gasteiger charge is -2.23. The molecule has 0 aromatic carbocycles. The van der Waals surface area contributed by atoms with E-state index < -0.39 is 0 Å². The zero-order valence-corrected chi connectivity index (χ0v) is 11.0. The third-order valence-electron chi connectivity index (χ3n) is 3.39. The molecule has 0 saturated heterocycles. The summed E-state index contributed by atoms with van der Waals surface area (Å²) in [6.07, 6.45) is 5.62. The summed E-state index contributed by atoms with van der Waals surface area (Å²) in [7, 11) is 0. The topological polar surface area (TPSA) is 0 Å². The van der Waals surface area contributed by atoms with Crippen LogP contribution < -0.4 is 0 Å². The van der Waals surface area contributed by atoms with Crippen molar-refractivity contribution < 1.29 is 0 Å². The highest BCUT2D eigenvalue weighted by Gasteiger charge is 2.31. The first kappa shape index (κ1) is 11.6. The molecule has 1 rings (SSSR count). The van der Waals surface area contributed by atoms with E-state index in [1.807, 2.05) is 0 Å². The third-order valence-corrected chi connectivity index (χ3v) is 4.68. The van der Waals surface area contributed by atoms with E-state index >= 15 is 0 Å². The Balaban J connectivity index is 2.30. The minimum absolute atomic E-state index is 0.518. The number of alkyl halides is 1. The van der Waals surface area contributed by atoms with Crippen molar-refractivity contribution in [3.63, 3.8) is 0 Å². The quantitative estimate of drug-likeness (QED) is 0.624. The van der Waals surface area contributed by atoms with Crippen LogP contribution in [0, 0.1) is 17.3 Å². The number of hydrogen-bond donors (Lipinski definition) is 0. The largest absolute Gasteiger partial charge is 0.0888 e. The average molecular weight is 247 g/mol. The lowest BCUT2D eigenvalue weighted by atomic mass is 9.84.